The fraction of sp³-hybridized carbons (Fsp3) is 0.400. The van der Waals surface area contributed by atoms with Crippen molar-refractivity contribution in [2.45, 2.75) is 31.5 Å². The standard InChI is InChI=1S/C15H16FN5O5/c1-7-17-4-2-8(18-7)13(24)19-10-3-5-21(15(25)20-10)14-11(16)12(23)9(6-22)26-14/h2-5,9,11-12,14,22-23H,6H2,1H3,(H,19,20,24,25)/t9-,11-,12-,14-/m1/s1. The van der Waals surface area contributed by atoms with E-state index in [1.165, 1.54) is 24.5 Å². The molecule has 138 valence electrons. The van der Waals surface area contributed by atoms with Crippen LogP contribution in [0.3, 0.4) is 0 Å². The lowest BCUT2D eigenvalue weighted by Crippen LogP contribution is -2.33. The maximum Gasteiger partial charge on any atom is 0.351 e. The van der Waals surface area contributed by atoms with Gasteiger partial charge in [0, 0.05) is 12.4 Å². The molecule has 0 saturated carbocycles. The Morgan fingerprint density at radius 1 is 1.42 bits per heavy atom. The summed E-state index contributed by atoms with van der Waals surface area (Å²) in [6, 6.07) is 2.68. The van der Waals surface area contributed by atoms with Gasteiger partial charge in [0.1, 0.15) is 29.5 Å². The summed E-state index contributed by atoms with van der Waals surface area (Å²) in [5.41, 5.74) is -0.791. The Balaban J connectivity index is 1.78. The molecule has 11 heteroatoms. The minimum atomic E-state index is -1.91. The number of carbonyl (C=O) groups excluding carboxylic acids is 1. The van der Waals surface area contributed by atoms with Crippen molar-refractivity contribution < 1.29 is 24.1 Å². The predicted octanol–water partition coefficient (Wildman–Crippen LogP) is -0.817. The molecule has 1 fully saturated rings. The van der Waals surface area contributed by atoms with Gasteiger partial charge in [-0.1, -0.05) is 0 Å². The van der Waals surface area contributed by atoms with Crippen LogP contribution in [-0.4, -0.2) is 60.6 Å². The molecule has 1 aliphatic rings. The molecule has 1 saturated heterocycles. The summed E-state index contributed by atoms with van der Waals surface area (Å²) in [5, 5.41) is 21.1. The number of hydrogen-bond donors (Lipinski definition) is 3. The molecule has 0 bridgehead atoms. The Morgan fingerprint density at radius 2 is 2.19 bits per heavy atom. The molecule has 10 nitrogen and oxygen atoms in total. The molecular weight excluding hydrogens is 349 g/mol. The van der Waals surface area contributed by atoms with Crippen molar-refractivity contribution in [3.8, 4) is 0 Å². The van der Waals surface area contributed by atoms with E-state index in [1.54, 1.807) is 6.92 Å². The second-order valence-electron chi connectivity index (χ2n) is 5.63. The smallest absolute Gasteiger partial charge is 0.351 e. The van der Waals surface area contributed by atoms with Crippen LogP contribution in [0.2, 0.25) is 0 Å². The minimum Gasteiger partial charge on any atom is -0.394 e. The van der Waals surface area contributed by atoms with E-state index in [-0.39, 0.29) is 11.5 Å². The molecule has 1 aliphatic heterocycles. The quantitative estimate of drug-likeness (QED) is 0.639. The van der Waals surface area contributed by atoms with E-state index in [9.17, 15) is 19.1 Å². The third-order valence-corrected chi connectivity index (χ3v) is 3.83. The summed E-state index contributed by atoms with van der Waals surface area (Å²) in [4.78, 5) is 35.7. The summed E-state index contributed by atoms with van der Waals surface area (Å²) in [5.74, 6) is -0.234. The maximum absolute atomic E-state index is 14.1. The average molecular weight is 365 g/mol. The largest absolute Gasteiger partial charge is 0.394 e. The number of carbonyl (C=O) groups is 1. The first-order valence-electron chi connectivity index (χ1n) is 7.69. The second-order valence-corrected chi connectivity index (χ2v) is 5.63. The van der Waals surface area contributed by atoms with Crippen molar-refractivity contribution in [2.24, 2.45) is 0 Å². The van der Waals surface area contributed by atoms with Crippen molar-refractivity contribution >= 4 is 11.7 Å². The number of anilines is 1. The SMILES string of the molecule is Cc1nccc(C(=O)Nc2ccn([C@@H]3O[C@H](CO)[C@@H](O)[C@H]3F)c(=O)n2)n1. The van der Waals surface area contributed by atoms with Gasteiger partial charge in [-0.15, -0.1) is 0 Å². The Bertz CT molecular complexity index is 876. The van der Waals surface area contributed by atoms with Gasteiger partial charge < -0.3 is 20.3 Å². The number of rotatable bonds is 4. The molecule has 1 amide bonds. The van der Waals surface area contributed by atoms with E-state index in [1.807, 2.05) is 0 Å². The zero-order chi connectivity index (χ0) is 18.8. The van der Waals surface area contributed by atoms with Gasteiger partial charge in [0.15, 0.2) is 12.4 Å². The summed E-state index contributed by atoms with van der Waals surface area (Å²) in [7, 11) is 0. The molecule has 0 unspecified atom stereocenters. The van der Waals surface area contributed by atoms with Crippen LogP contribution in [0.15, 0.2) is 29.3 Å². The molecule has 0 spiro atoms. The van der Waals surface area contributed by atoms with Crippen LogP contribution in [0.25, 0.3) is 0 Å². The highest BCUT2D eigenvalue weighted by molar-refractivity contribution is 6.02. The molecule has 26 heavy (non-hydrogen) atoms. The molecule has 0 aliphatic carbocycles. The first kappa shape index (κ1) is 18.0. The van der Waals surface area contributed by atoms with Crippen LogP contribution >= 0.6 is 0 Å². The van der Waals surface area contributed by atoms with Crippen LogP contribution in [0.5, 0.6) is 0 Å². The molecule has 3 heterocycles. The molecule has 3 rings (SSSR count). The van der Waals surface area contributed by atoms with Crippen LogP contribution in [0, 0.1) is 6.92 Å². The van der Waals surface area contributed by atoms with E-state index < -0.39 is 42.8 Å². The van der Waals surface area contributed by atoms with Crippen LogP contribution in [0.4, 0.5) is 10.2 Å². The monoisotopic (exact) mass is 365 g/mol. The number of halogens is 1. The van der Waals surface area contributed by atoms with Crippen LogP contribution in [0.1, 0.15) is 22.5 Å². The molecule has 0 radical (unpaired) electrons. The van der Waals surface area contributed by atoms with E-state index in [0.29, 0.717) is 5.82 Å². The van der Waals surface area contributed by atoms with Gasteiger partial charge in [0.25, 0.3) is 5.91 Å². The molecular formula is C15H16FN5O5. The van der Waals surface area contributed by atoms with Gasteiger partial charge in [-0.2, -0.15) is 4.98 Å². The average Bonchev–Trinajstić information content (AvgIpc) is 2.90. The van der Waals surface area contributed by atoms with Gasteiger partial charge in [0.05, 0.1) is 6.61 Å². The summed E-state index contributed by atoms with van der Waals surface area (Å²) >= 11 is 0. The topological polar surface area (TPSA) is 139 Å². The second kappa shape index (κ2) is 7.23. The molecule has 3 N–H and O–H groups in total. The maximum atomic E-state index is 14.1. The highest BCUT2D eigenvalue weighted by Gasteiger charge is 2.45. The number of aromatic nitrogens is 4. The van der Waals surface area contributed by atoms with Crippen molar-refractivity contribution in [2.75, 3.05) is 11.9 Å². The lowest BCUT2D eigenvalue weighted by atomic mass is 10.1. The number of nitrogens with zero attached hydrogens (tertiary/aromatic N) is 4. The van der Waals surface area contributed by atoms with Gasteiger partial charge in [-0.05, 0) is 19.1 Å². The van der Waals surface area contributed by atoms with Crippen LogP contribution in [-0.2, 0) is 4.74 Å². The number of aryl methyl sites for hydroxylation is 1. The lowest BCUT2D eigenvalue weighted by molar-refractivity contribution is -0.0490. The van der Waals surface area contributed by atoms with Gasteiger partial charge in [0.2, 0.25) is 0 Å². The first-order valence-corrected chi connectivity index (χ1v) is 7.69. The Kier molecular flexibility index (Phi) is 5.02. The third-order valence-electron chi connectivity index (χ3n) is 3.83. The summed E-state index contributed by atoms with van der Waals surface area (Å²) in [6.45, 7) is 1.03. The summed E-state index contributed by atoms with van der Waals surface area (Å²) in [6.07, 6.45) is -3.42. The lowest BCUT2D eigenvalue weighted by Gasteiger charge is -2.16. The zero-order valence-corrected chi connectivity index (χ0v) is 13.6. The predicted molar refractivity (Wildman–Crippen MR) is 85.1 cm³/mol. The number of alkyl halides is 1. The Labute approximate surface area is 146 Å². The third kappa shape index (κ3) is 3.45. The normalized spacial score (nSPS) is 25.2. The van der Waals surface area contributed by atoms with E-state index in [2.05, 4.69) is 20.3 Å². The molecule has 2 aromatic heterocycles. The zero-order valence-electron chi connectivity index (χ0n) is 13.6. The first-order chi connectivity index (χ1) is 12.4. The van der Waals surface area contributed by atoms with Gasteiger partial charge in [-0.25, -0.2) is 19.2 Å². The highest BCUT2D eigenvalue weighted by Crippen LogP contribution is 2.30. The minimum absolute atomic E-state index is 0.0554. The molecule has 4 atom stereocenters. The number of ether oxygens (including phenoxy) is 1. The number of nitrogens with one attached hydrogen (secondary N) is 1. The van der Waals surface area contributed by atoms with Crippen molar-refractivity contribution in [3.05, 3.63) is 46.5 Å². The molecule has 0 aromatic carbocycles. The van der Waals surface area contributed by atoms with Gasteiger partial charge in [-0.3, -0.25) is 9.36 Å². The van der Waals surface area contributed by atoms with E-state index in [0.717, 1.165) is 4.57 Å². The fourth-order valence-corrected chi connectivity index (χ4v) is 2.52. The Morgan fingerprint density at radius 3 is 2.81 bits per heavy atom. The van der Waals surface area contributed by atoms with Gasteiger partial charge >= 0.3 is 5.69 Å². The summed E-state index contributed by atoms with van der Waals surface area (Å²) < 4.78 is 20.1. The van der Waals surface area contributed by atoms with E-state index >= 15 is 0 Å². The fourth-order valence-electron chi connectivity index (χ4n) is 2.52. The highest BCUT2D eigenvalue weighted by atomic mass is 19.1. The van der Waals surface area contributed by atoms with Crippen LogP contribution < -0.4 is 11.0 Å². The number of aliphatic hydroxyl groups is 2. The number of hydrogen-bond acceptors (Lipinski definition) is 8. The van der Waals surface area contributed by atoms with Crippen molar-refractivity contribution in [1.29, 1.82) is 0 Å². The number of amides is 1. The Hall–Kier alpha value is -2.76. The van der Waals surface area contributed by atoms with E-state index in [4.69, 9.17) is 9.84 Å². The number of aliphatic hydroxyl groups excluding tert-OH is 2. The van der Waals surface area contributed by atoms with Crippen molar-refractivity contribution in [3.63, 3.8) is 0 Å². The molecule has 2 aromatic rings. The van der Waals surface area contributed by atoms with Crippen molar-refractivity contribution in [1.82, 2.24) is 19.5 Å².